The quantitative estimate of drug-likeness (QED) is 0.261. The number of aliphatic hydroxyl groups excluding tert-OH is 1. The predicted molar refractivity (Wildman–Crippen MR) is 128 cm³/mol. The highest BCUT2D eigenvalue weighted by Crippen LogP contribution is 2.33. The molecule has 33 heavy (non-hydrogen) atoms. The Kier molecular flexibility index (Phi) is 13.1. The Morgan fingerprint density at radius 1 is 1.03 bits per heavy atom. The Labute approximate surface area is 198 Å². The van der Waals surface area contributed by atoms with Crippen LogP contribution in [0.25, 0.3) is 0 Å². The van der Waals surface area contributed by atoms with Gasteiger partial charge >= 0.3 is 5.97 Å². The molecular weight excluding hydrogens is 424 g/mol. The van der Waals surface area contributed by atoms with Crippen LogP contribution in [0.3, 0.4) is 0 Å². The second kappa shape index (κ2) is 14.9. The molecule has 7 heteroatoms. The SMILES string of the molecule is COCCCOc1cc(CC(CC(C(=O)O)C(O)CC(C=O)C(C)C)C(C)C)ccc1OC. The Morgan fingerprint density at radius 2 is 1.73 bits per heavy atom. The lowest BCUT2D eigenvalue weighted by Crippen LogP contribution is -2.34. The van der Waals surface area contributed by atoms with E-state index in [4.69, 9.17) is 14.2 Å². The summed E-state index contributed by atoms with van der Waals surface area (Å²) >= 11 is 0. The second-order valence-electron chi connectivity index (χ2n) is 9.42. The first-order valence-corrected chi connectivity index (χ1v) is 11.8. The monoisotopic (exact) mass is 466 g/mol. The molecule has 1 rings (SSSR count). The summed E-state index contributed by atoms with van der Waals surface area (Å²) in [7, 11) is 3.24. The normalized spacial score (nSPS) is 15.2. The van der Waals surface area contributed by atoms with E-state index in [0.29, 0.717) is 37.6 Å². The van der Waals surface area contributed by atoms with Crippen molar-refractivity contribution in [3.63, 3.8) is 0 Å². The van der Waals surface area contributed by atoms with E-state index in [9.17, 15) is 19.8 Å². The molecule has 0 aliphatic rings. The topological polar surface area (TPSA) is 102 Å². The maximum Gasteiger partial charge on any atom is 0.309 e. The summed E-state index contributed by atoms with van der Waals surface area (Å²) in [4.78, 5) is 23.4. The molecular formula is C26H42O7. The summed E-state index contributed by atoms with van der Waals surface area (Å²) in [6, 6.07) is 5.76. The van der Waals surface area contributed by atoms with Gasteiger partial charge in [-0.3, -0.25) is 4.79 Å². The van der Waals surface area contributed by atoms with E-state index in [1.54, 1.807) is 14.2 Å². The van der Waals surface area contributed by atoms with Crippen LogP contribution in [0.2, 0.25) is 0 Å². The van der Waals surface area contributed by atoms with Gasteiger partial charge < -0.3 is 29.2 Å². The van der Waals surface area contributed by atoms with E-state index in [-0.39, 0.29) is 30.1 Å². The maximum atomic E-state index is 12.0. The van der Waals surface area contributed by atoms with Crippen molar-refractivity contribution < 1.29 is 34.0 Å². The van der Waals surface area contributed by atoms with Gasteiger partial charge in [-0.25, -0.2) is 0 Å². The second-order valence-corrected chi connectivity index (χ2v) is 9.42. The van der Waals surface area contributed by atoms with E-state index >= 15 is 0 Å². The Balaban J connectivity index is 2.98. The molecule has 0 aliphatic heterocycles. The summed E-state index contributed by atoms with van der Waals surface area (Å²) in [6.45, 7) is 9.03. The Bertz CT molecular complexity index is 717. The molecule has 4 atom stereocenters. The number of aliphatic carboxylic acids is 1. The van der Waals surface area contributed by atoms with E-state index in [0.717, 1.165) is 18.3 Å². The molecule has 0 aromatic heterocycles. The minimum atomic E-state index is -1.07. The third-order valence-corrected chi connectivity index (χ3v) is 6.30. The van der Waals surface area contributed by atoms with Gasteiger partial charge in [0.25, 0.3) is 0 Å². The average Bonchev–Trinajstić information content (AvgIpc) is 2.77. The molecule has 0 amide bonds. The van der Waals surface area contributed by atoms with Crippen LogP contribution < -0.4 is 9.47 Å². The number of carboxylic acid groups (broad SMARTS) is 1. The van der Waals surface area contributed by atoms with Crippen LogP contribution in [0.15, 0.2) is 18.2 Å². The summed E-state index contributed by atoms with van der Waals surface area (Å²) in [5, 5.41) is 20.5. The largest absolute Gasteiger partial charge is 0.493 e. The minimum Gasteiger partial charge on any atom is -0.493 e. The van der Waals surface area contributed by atoms with Gasteiger partial charge in [-0.2, -0.15) is 0 Å². The van der Waals surface area contributed by atoms with Gasteiger partial charge in [-0.15, -0.1) is 0 Å². The van der Waals surface area contributed by atoms with Crippen LogP contribution in [-0.4, -0.2) is 56.0 Å². The zero-order valence-corrected chi connectivity index (χ0v) is 21.0. The third-order valence-electron chi connectivity index (χ3n) is 6.30. The number of ether oxygens (including phenoxy) is 3. The van der Waals surface area contributed by atoms with Crippen LogP contribution in [-0.2, 0) is 20.7 Å². The molecule has 0 saturated carbocycles. The molecule has 0 aliphatic carbocycles. The molecule has 0 heterocycles. The van der Waals surface area contributed by atoms with Crippen molar-refractivity contribution in [2.24, 2.45) is 29.6 Å². The summed E-state index contributed by atoms with van der Waals surface area (Å²) in [6.07, 6.45) is 1.64. The fourth-order valence-corrected chi connectivity index (χ4v) is 3.92. The molecule has 1 aromatic rings. The molecule has 2 N–H and O–H groups in total. The molecule has 0 radical (unpaired) electrons. The van der Waals surface area contributed by atoms with Gasteiger partial charge in [0.15, 0.2) is 11.5 Å². The van der Waals surface area contributed by atoms with Gasteiger partial charge in [0.1, 0.15) is 6.29 Å². The van der Waals surface area contributed by atoms with Crippen LogP contribution in [0.4, 0.5) is 0 Å². The van der Waals surface area contributed by atoms with Crippen molar-refractivity contribution >= 4 is 12.3 Å². The zero-order chi connectivity index (χ0) is 25.0. The number of benzene rings is 1. The van der Waals surface area contributed by atoms with Crippen molar-refractivity contribution in [3.05, 3.63) is 23.8 Å². The lowest BCUT2D eigenvalue weighted by molar-refractivity contribution is -0.147. The summed E-state index contributed by atoms with van der Waals surface area (Å²) < 4.78 is 16.3. The molecule has 0 saturated heterocycles. The number of rotatable bonds is 17. The first-order valence-electron chi connectivity index (χ1n) is 11.8. The number of hydrogen-bond acceptors (Lipinski definition) is 6. The fraction of sp³-hybridized carbons (Fsp3) is 0.692. The van der Waals surface area contributed by atoms with Crippen molar-refractivity contribution in [2.75, 3.05) is 27.4 Å². The molecule has 0 spiro atoms. The highest BCUT2D eigenvalue weighted by Gasteiger charge is 2.33. The number of methoxy groups -OCH3 is 2. The summed E-state index contributed by atoms with van der Waals surface area (Å²) in [5.74, 6) is -0.741. The van der Waals surface area contributed by atoms with Crippen molar-refractivity contribution in [1.29, 1.82) is 0 Å². The van der Waals surface area contributed by atoms with Gasteiger partial charge in [-0.1, -0.05) is 33.8 Å². The Hall–Kier alpha value is -2.12. The van der Waals surface area contributed by atoms with Gasteiger partial charge in [-0.05, 0) is 54.7 Å². The van der Waals surface area contributed by atoms with Crippen LogP contribution >= 0.6 is 0 Å². The summed E-state index contributed by atoms with van der Waals surface area (Å²) in [5.41, 5.74) is 1.02. The standard InChI is InChI=1S/C26H42O7/c1-17(2)20(14-22(26(29)30)23(28)15-21(16-27)18(3)4)12-19-8-9-24(32-6)25(13-19)33-11-7-10-31-5/h8-9,13,16-18,20-23,28H,7,10-12,14-15H2,1-6H3,(H,29,30). The minimum absolute atomic E-state index is 0.0317. The molecule has 4 unspecified atom stereocenters. The van der Waals surface area contributed by atoms with Crippen molar-refractivity contribution in [2.45, 2.75) is 59.5 Å². The number of carboxylic acids is 1. The molecule has 0 bridgehead atoms. The molecule has 7 nitrogen and oxygen atoms in total. The first-order chi connectivity index (χ1) is 15.6. The number of carbonyl (C=O) groups is 2. The van der Waals surface area contributed by atoms with Crippen LogP contribution in [0, 0.1) is 29.6 Å². The van der Waals surface area contributed by atoms with E-state index in [2.05, 4.69) is 13.8 Å². The molecule has 188 valence electrons. The number of hydrogen-bond donors (Lipinski definition) is 2. The number of aldehydes is 1. The van der Waals surface area contributed by atoms with E-state index in [1.807, 2.05) is 32.0 Å². The van der Waals surface area contributed by atoms with Gasteiger partial charge in [0.2, 0.25) is 0 Å². The highest BCUT2D eigenvalue weighted by molar-refractivity contribution is 5.70. The smallest absolute Gasteiger partial charge is 0.309 e. The lowest BCUT2D eigenvalue weighted by Gasteiger charge is -2.29. The van der Waals surface area contributed by atoms with Crippen molar-refractivity contribution in [1.82, 2.24) is 0 Å². The number of aliphatic hydroxyl groups is 1. The predicted octanol–water partition coefficient (Wildman–Crippen LogP) is 4.24. The average molecular weight is 467 g/mol. The fourth-order valence-electron chi connectivity index (χ4n) is 3.92. The zero-order valence-electron chi connectivity index (χ0n) is 21.0. The first kappa shape index (κ1) is 28.9. The van der Waals surface area contributed by atoms with Crippen LogP contribution in [0.5, 0.6) is 11.5 Å². The maximum absolute atomic E-state index is 12.0. The highest BCUT2D eigenvalue weighted by atomic mass is 16.5. The van der Waals surface area contributed by atoms with Gasteiger partial charge in [0, 0.05) is 26.1 Å². The van der Waals surface area contributed by atoms with Crippen molar-refractivity contribution in [3.8, 4) is 11.5 Å². The molecule has 0 fully saturated rings. The lowest BCUT2D eigenvalue weighted by atomic mass is 9.78. The number of carbonyl (C=O) groups excluding carboxylic acids is 1. The Morgan fingerprint density at radius 3 is 2.24 bits per heavy atom. The van der Waals surface area contributed by atoms with Crippen LogP contribution in [0.1, 0.15) is 52.5 Å². The van der Waals surface area contributed by atoms with E-state index < -0.39 is 18.0 Å². The van der Waals surface area contributed by atoms with E-state index in [1.165, 1.54) is 0 Å². The molecule has 1 aromatic carbocycles. The van der Waals surface area contributed by atoms with Gasteiger partial charge in [0.05, 0.1) is 25.7 Å². The third kappa shape index (κ3) is 9.72.